The van der Waals surface area contributed by atoms with Gasteiger partial charge in [0.15, 0.2) is 6.61 Å². The lowest BCUT2D eigenvalue weighted by Crippen LogP contribution is -2.37. The molecule has 30 heavy (non-hydrogen) atoms. The minimum Gasteiger partial charge on any atom is -0.494 e. The highest BCUT2D eigenvalue weighted by atomic mass is 32.1. The number of hydrogen-bond acceptors (Lipinski definition) is 6. The Labute approximate surface area is 179 Å². The smallest absolute Gasteiger partial charge is 0.266 e. The van der Waals surface area contributed by atoms with Crippen molar-refractivity contribution in [3.05, 3.63) is 54.3 Å². The van der Waals surface area contributed by atoms with Gasteiger partial charge >= 0.3 is 0 Å². The number of carbonyl (C=O) groups excluding carboxylic acids is 1. The van der Waals surface area contributed by atoms with E-state index in [-0.39, 0.29) is 24.2 Å². The van der Waals surface area contributed by atoms with Crippen LogP contribution in [0.3, 0.4) is 0 Å². The van der Waals surface area contributed by atoms with Gasteiger partial charge in [-0.1, -0.05) is 25.2 Å². The largest absolute Gasteiger partial charge is 0.494 e. The number of anilines is 1. The molecule has 0 saturated heterocycles. The minimum atomic E-state index is -0.356. The summed E-state index contributed by atoms with van der Waals surface area (Å²) in [6.07, 6.45) is 0. The van der Waals surface area contributed by atoms with E-state index in [1.54, 1.807) is 4.90 Å². The van der Waals surface area contributed by atoms with Crippen molar-refractivity contribution in [2.45, 2.75) is 20.8 Å². The summed E-state index contributed by atoms with van der Waals surface area (Å²) in [5.74, 6) is 0.868. The van der Waals surface area contributed by atoms with Crippen molar-refractivity contribution in [2.75, 3.05) is 24.7 Å². The summed E-state index contributed by atoms with van der Waals surface area (Å²) in [5, 5.41) is 9.71. The number of halogens is 1. The lowest BCUT2D eigenvalue weighted by atomic mass is 10.2. The molecule has 0 unspecified atom stereocenters. The Morgan fingerprint density at radius 3 is 2.30 bits per heavy atom. The summed E-state index contributed by atoms with van der Waals surface area (Å²) >= 11 is 1.34. The molecule has 0 aliphatic rings. The van der Waals surface area contributed by atoms with Gasteiger partial charge in [-0.05, 0) is 61.4 Å². The van der Waals surface area contributed by atoms with Gasteiger partial charge in [-0.3, -0.25) is 9.69 Å². The van der Waals surface area contributed by atoms with E-state index in [1.807, 2.05) is 45.0 Å². The van der Waals surface area contributed by atoms with Crippen LogP contribution in [-0.4, -0.2) is 35.9 Å². The molecule has 0 fully saturated rings. The maximum Gasteiger partial charge on any atom is 0.266 e. The van der Waals surface area contributed by atoms with E-state index >= 15 is 0 Å². The molecule has 0 saturated carbocycles. The molecule has 3 aromatic rings. The van der Waals surface area contributed by atoms with Gasteiger partial charge in [-0.2, -0.15) is 0 Å². The first-order chi connectivity index (χ1) is 14.5. The van der Waals surface area contributed by atoms with Crippen LogP contribution in [-0.2, 0) is 4.79 Å². The van der Waals surface area contributed by atoms with Gasteiger partial charge in [-0.15, -0.1) is 10.2 Å². The third-order valence-electron chi connectivity index (χ3n) is 4.08. The molecule has 0 aliphatic heterocycles. The lowest BCUT2D eigenvalue weighted by molar-refractivity contribution is -0.120. The molecule has 6 nitrogen and oxygen atoms in total. The zero-order chi connectivity index (χ0) is 21.5. The quantitative estimate of drug-likeness (QED) is 0.488. The fourth-order valence-electron chi connectivity index (χ4n) is 2.71. The van der Waals surface area contributed by atoms with Gasteiger partial charge in [0.1, 0.15) is 22.3 Å². The average molecular weight is 430 g/mol. The summed E-state index contributed by atoms with van der Waals surface area (Å²) in [4.78, 5) is 14.4. The van der Waals surface area contributed by atoms with Gasteiger partial charge < -0.3 is 9.47 Å². The third kappa shape index (κ3) is 5.76. The second-order valence-electron chi connectivity index (χ2n) is 6.99. The number of aromatic nitrogens is 2. The summed E-state index contributed by atoms with van der Waals surface area (Å²) in [6.45, 7) is 6.91. The Morgan fingerprint density at radius 2 is 1.67 bits per heavy atom. The number of amides is 1. The third-order valence-corrected chi connectivity index (χ3v) is 5.08. The molecule has 1 amide bonds. The summed E-state index contributed by atoms with van der Waals surface area (Å²) in [6, 6.07) is 13.2. The van der Waals surface area contributed by atoms with Crippen LogP contribution in [0.15, 0.2) is 48.5 Å². The predicted molar refractivity (Wildman–Crippen MR) is 116 cm³/mol. The van der Waals surface area contributed by atoms with E-state index in [0.29, 0.717) is 29.0 Å². The summed E-state index contributed by atoms with van der Waals surface area (Å²) in [5.41, 5.74) is 0.904. The van der Waals surface area contributed by atoms with Gasteiger partial charge in [0, 0.05) is 12.1 Å². The van der Waals surface area contributed by atoms with Crippen molar-refractivity contribution in [3.8, 4) is 22.1 Å². The van der Waals surface area contributed by atoms with E-state index in [1.165, 1.54) is 35.6 Å². The second kappa shape index (κ2) is 10.2. The molecule has 1 heterocycles. The highest BCUT2D eigenvalue weighted by molar-refractivity contribution is 7.18. The standard InChI is InChI=1S/C22H24FN3O3S/c1-4-28-18-9-5-16(6-10-18)21-24-25-22(30-21)26(13-15(2)3)20(27)14-29-19-11-7-17(23)8-12-19/h5-12,15H,4,13-14H2,1-3H3. The number of carbonyl (C=O) groups is 1. The Bertz CT molecular complexity index is 959. The van der Waals surface area contributed by atoms with Crippen LogP contribution in [0.5, 0.6) is 11.5 Å². The first-order valence-electron chi connectivity index (χ1n) is 9.71. The molecule has 0 atom stereocenters. The van der Waals surface area contributed by atoms with Gasteiger partial charge in [0.05, 0.1) is 6.61 Å². The van der Waals surface area contributed by atoms with Crippen molar-refractivity contribution in [1.29, 1.82) is 0 Å². The van der Waals surface area contributed by atoms with Crippen molar-refractivity contribution in [2.24, 2.45) is 5.92 Å². The number of benzene rings is 2. The molecule has 0 spiro atoms. The highest BCUT2D eigenvalue weighted by Crippen LogP contribution is 2.30. The van der Waals surface area contributed by atoms with Gasteiger partial charge in [0.25, 0.3) is 5.91 Å². The number of nitrogens with zero attached hydrogens (tertiary/aromatic N) is 3. The van der Waals surface area contributed by atoms with Gasteiger partial charge in [0.2, 0.25) is 5.13 Å². The SMILES string of the molecule is CCOc1ccc(-c2nnc(N(CC(C)C)C(=O)COc3ccc(F)cc3)s2)cc1. The Kier molecular flexibility index (Phi) is 7.35. The highest BCUT2D eigenvalue weighted by Gasteiger charge is 2.22. The normalized spacial score (nSPS) is 10.8. The van der Waals surface area contributed by atoms with Crippen molar-refractivity contribution in [3.63, 3.8) is 0 Å². The van der Waals surface area contributed by atoms with Crippen LogP contribution >= 0.6 is 11.3 Å². The van der Waals surface area contributed by atoms with Crippen molar-refractivity contribution >= 4 is 22.4 Å². The zero-order valence-electron chi connectivity index (χ0n) is 17.2. The Hall–Kier alpha value is -3.00. The molecule has 0 aliphatic carbocycles. The molecule has 0 N–H and O–H groups in total. The maximum atomic E-state index is 13.0. The Balaban J connectivity index is 1.73. The monoisotopic (exact) mass is 429 g/mol. The van der Waals surface area contributed by atoms with Crippen LogP contribution in [0, 0.1) is 11.7 Å². The average Bonchev–Trinajstić information content (AvgIpc) is 3.22. The number of rotatable bonds is 9. The lowest BCUT2D eigenvalue weighted by Gasteiger charge is -2.21. The second-order valence-corrected chi connectivity index (χ2v) is 7.94. The number of hydrogen-bond donors (Lipinski definition) is 0. The van der Waals surface area contributed by atoms with E-state index < -0.39 is 0 Å². The fourth-order valence-corrected chi connectivity index (χ4v) is 3.58. The summed E-state index contributed by atoms with van der Waals surface area (Å²) in [7, 11) is 0. The van der Waals surface area contributed by atoms with E-state index in [4.69, 9.17) is 9.47 Å². The zero-order valence-corrected chi connectivity index (χ0v) is 18.0. The molecule has 1 aromatic heterocycles. The van der Waals surface area contributed by atoms with E-state index in [0.717, 1.165) is 11.3 Å². The van der Waals surface area contributed by atoms with Crippen molar-refractivity contribution < 1.29 is 18.7 Å². The molecule has 0 bridgehead atoms. The van der Waals surface area contributed by atoms with Gasteiger partial charge in [-0.25, -0.2) is 4.39 Å². The van der Waals surface area contributed by atoms with Crippen LogP contribution in [0.2, 0.25) is 0 Å². The summed E-state index contributed by atoms with van der Waals surface area (Å²) < 4.78 is 24.0. The number of ether oxygens (including phenoxy) is 2. The predicted octanol–water partition coefficient (Wildman–Crippen LogP) is 4.81. The molecule has 0 radical (unpaired) electrons. The first kappa shape index (κ1) is 21.7. The molecular formula is C22H24FN3O3S. The van der Waals surface area contributed by atoms with Crippen LogP contribution in [0.25, 0.3) is 10.6 Å². The fraction of sp³-hybridized carbons (Fsp3) is 0.318. The molecule has 8 heteroatoms. The molecular weight excluding hydrogens is 405 g/mol. The van der Waals surface area contributed by atoms with Crippen LogP contribution < -0.4 is 14.4 Å². The van der Waals surface area contributed by atoms with Crippen LogP contribution in [0.4, 0.5) is 9.52 Å². The maximum absolute atomic E-state index is 13.0. The molecule has 2 aromatic carbocycles. The van der Waals surface area contributed by atoms with Crippen LogP contribution in [0.1, 0.15) is 20.8 Å². The minimum absolute atomic E-state index is 0.170. The van der Waals surface area contributed by atoms with E-state index in [9.17, 15) is 9.18 Å². The van der Waals surface area contributed by atoms with E-state index in [2.05, 4.69) is 10.2 Å². The molecule has 3 rings (SSSR count). The first-order valence-corrected chi connectivity index (χ1v) is 10.5. The molecule has 158 valence electrons. The van der Waals surface area contributed by atoms with Crippen molar-refractivity contribution in [1.82, 2.24) is 10.2 Å². The topological polar surface area (TPSA) is 64.6 Å². The Morgan fingerprint density at radius 1 is 1.03 bits per heavy atom.